The Bertz CT molecular complexity index is 652. The van der Waals surface area contributed by atoms with Gasteiger partial charge in [0.2, 0.25) is 0 Å². The summed E-state index contributed by atoms with van der Waals surface area (Å²) in [7, 11) is -2.02. The molecule has 4 bridgehead atoms. The van der Waals surface area contributed by atoms with Crippen LogP contribution in [0.25, 0.3) is 0 Å². The van der Waals surface area contributed by atoms with E-state index in [-0.39, 0.29) is 35.2 Å². The van der Waals surface area contributed by atoms with Crippen molar-refractivity contribution in [2.45, 2.75) is 108 Å². The van der Waals surface area contributed by atoms with Crippen LogP contribution in [-0.4, -0.2) is 44.0 Å². The quantitative estimate of drug-likeness (QED) is 0.493. The van der Waals surface area contributed by atoms with Crippen LogP contribution in [0.3, 0.4) is 0 Å². The molecule has 0 radical (unpaired) electrons. The average Bonchev–Trinajstić information content (AvgIpc) is 2.79. The van der Waals surface area contributed by atoms with E-state index in [4.69, 9.17) is 18.6 Å². The minimum atomic E-state index is -2.02. The third-order valence-corrected chi connectivity index (χ3v) is 12.3. The Kier molecular flexibility index (Phi) is 4.80. The van der Waals surface area contributed by atoms with E-state index in [2.05, 4.69) is 40.4 Å². The predicted molar refractivity (Wildman–Crippen MR) is 109 cm³/mol. The Hall–Kier alpha value is -0.533. The Balaban J connectivity index is 1.70. The van der Waals surface area contributed by atoms with E-state index in [1.54, 1.807) is 0 Å². The van der Waals surface area contributed by atoms with Gasteiger partial charge >= 0.3 is 0 Å². The molecule has 3 aliphatic heterocycles. The Morgan fingerprint density at radius 2 is 1.86 bits per heavy atom. The third-order valence-electron chi connectivity index (χ3n) is 7.75. The molecule has 5 aliphatic rings. The summed E-state index contributed by atoms with van der Waals surface area (Å²) in [5, 5.41) is 0.0949. The zero-order valence-corrected chi connectivity index (χ0v) is 19.2. The smallest absolute Gasteiger partial charge is 0.280 e. The van der Waals surface area contributed by atoms with Crippen LogP contribution in [0, 0.1) is 11.8 Å². The molecule has 6 heteroatoms. The summed E-state index contributed by atoms with van der Waals surface area (Å²) in [5.74, 6) is -0.757. The molecule has 3 heterocycles. The third kappa shape index (κ3) is 3.25. The lowest BCUT2D eigenvalue weighted by molar-refractivity contribution is -0.516. The van der Waals surface area contributed by atoms with Crippen molar-refractivity contribution in [2.75, 3.05) is 0 Å². The van der Waals surface area contributed by atoms with Crippen LogP contribution >= 0.6 is 0 Å². The van der Waals surface area contributed by atoms with E-state index >= 15 is 0 Å². The van der Waals surface area contributed by atoms with Gasteiger partial charge in [0.15, 0.2) is 8.32 Å². The topological polar surface area (TPSA) is 54.0 Å². The lowest BCUT2D eigenvalue weighted by Crippen LogP contribution is -2.70. The first-order chi connectivity index (χ1) is 12.9. The molecule has 5 nitrogen and oxygen atoms in total. The molecule has 0 spiro atoms. The second kappa shape index (κ2) is 6.48. The summed E-state index contributed by atoms with van der Waals surface area (Å²) in [6.07, 6.45) is 5.78. The molecule has 28 heavy (non-hydrogen) atoms. The van der Waals surface area contributed by atoms with Crippen LogP contribution in [0.5, 0.6) is 0 Å². The van der Waals surface area contributed by atoms with Gasteiger partial charge in [-0.1, -0.05) is 26.8 Å². The number of hydrogen-bond donors (Lipinski definition) is 0. The van der Waals surface area contributed by atoms with Crippen molar-refractivity contribution in [3.63, 3.8) is 0 Å². The highest BCUT2D eigenvalue weighted by Gasteiger charge is 2.66. The molecule has 5 fully saturated rings. The Morgan fingerprint density at radius 3 is 2.36 bits per heavy atom. The van der Waals surface area contributed by atoms with Crippen molar-refractivity contribution < 1.29 is 23.4 Å². The van der Waals surface area contributed by atoms with Crippen molar-refractivity contribution in [3.8, 4) is 0 Å². The first-order valence-electron chi connectivity index (χ1n) is 10.8. The van der Waals surface area contributed by atoms with Crippen LogP contribution in [0.1, 0.15) is 59.8 Å². The molecule has 4 unspecified atom stereocenters. The maximum Gasteiger partial charge on any atom is 0.280 e. The van der Waals surface area contributed by atoms with Gasteiger partial charge in [-0.15, -0.1) is 6.58 Å². The van der Waals surface area contributed by atoms with Gasteiger partial charge in [-0.3, -0.25) is 4.79 Å². The van der Waals surface area contributed by atoms with Gasteiger partial charge in [-0.2, -0.15) is 0 Å². The number of Topliss-reactive ketones (excluding diaryl/α,β-unsaturated/α-hetero) is 1. The number of carbonyl (C=O) groups excluding carboxylic acids is 1. The van der Waals surface area contributed by atoms with Crippen LogP contribution in [0.4, 0.5) is 0 Å². The molecule has 5 rings (SSSR count). The second-order valence-corrected chi connectivity index (χ2v) is 15.7. The van der Waals surface area contributed by atoms with Gasteiger partial charge in [0.1, 0.15) is 5.78 Å². The summed E-state index contributed by atoms with van der Waals surface area (Å²) in [4.78, 5) is 13.1. The minimum Gasteiger partial charge on any atom is -0.413 e. The minimum absolute atomic E-state index is 0.0320. The van der Waals surface area contributed by atoms with Crippen molar-refractivity contribution in [1.29, 1.82) is 0 Å². The second-order valence-electron chi connectivity index (χ2n) is 10.9. The van der Waals surface area contributed by atoms with E-state index in [1.807, 2.05) is 13.0 Å². The van der Waals surface area contributed by atoms with Gasteiger partial charge < -0.3 is 18.6 Å². The van der Waals surface area contributed by atoms with Gasteiger partial charge in [-0.05, 0) is 24.6 Å². The molecule has 3 saturated heterocycles. The normalized spacial score (nSPS) is 45.6. The van der Waals surface area contributed by atoms with Gasteiger partial charge in [0, 0.05) is 44.4 Å². The number of allylic oxidation sites excluding steroid dienone is 1. The molecule has 0 aromatic carbocycles. The largest absolute Gasteiger partial charge is 0.413 e. The molecule has 2 saturated carbocycles. The summed E-state index contributed by atoms with van der Waals surface area (Å²) in [5.41, 5.74) is -0.411. The first-order valence-corrected chi connectivity index (χ1v) is 13.7. The van der Waals surface area contributed by atoms with E-state index < -0.39 is 19.9 Å². The fourth-order valence-electron chi connectivity index (χ4n) is 5.74. The summed E-state index contributed by atoms with van der Waals surface area (Å²) in [6.45, 7) is 17.1. The average molecular weight is 409 g/mol. The van der Waals surface area contributed by atoms with Crippen molar-refractivity contribution >= 4 is 14.1 Å². The van der Waals surface area contributed by atoms with Crippen molar-refractivity contribution in [2.24, 2.45) is 11.8 Å². The monoisotopic (exact) mass is 408 g/mol. The van der Waals surface area contributed by atoms with Crippen molar-refractivity contribution in [3.05, 3.63) is 12.7 Å². The van der Waals surface area contributed by atoms with Gasteiger partial charge in [-0.25, -0.2) is 0 Å². The highest BCUT2D eigenvalue weighted by molar-refractivity contribution is 6.74. The lowest BCUT2D eigenvalue weighted by atomic mass is 9.67. The Labute approximate surface area is 170 Å². The number of ketones is 1. The van der Waals surface area contributed by atoms with Gasteiger partial charge in [0.25, 0.3) is 5.97 Å². The van der Waals surface area contributed by atoms with Crippen LogP contribution in [0.2, 0.25) is 18.1 Å². The van der Waals surface area contributed by atoms with E-state index in [0.29, 0.717) is 18.6 Å². The van der Waals surface area contributed by atoms with E-state index in [9.17, 15) is 4.79 Å². The Morgan fingerprint density at radius 1 is 1.25 bits per heavy atom. The zero-order valence-electron chi connectivity index (χ0n) is 18.2. The number of rotatable bonds is 5. The number of ether oxygens (including phenoxy) is 3. The molecule has 158 valence electrons. The summed E-state index contributed by atoms with van der Waals surface area (Å²) < 4.78 is 25.5. The summed E-state index contributed by atoms with van der Waals surface area (Å²) >= 11 is 0. The SMILES string of the molecule is C=CCC1C(=O)C[C@H](O[Si](C)(C)C(C)(C)C)C1C12CC3CC(C1)OC(C)(O3)O2. The number of carbonyl (C=O) groups is 1. The van der Waals surface area contributed by atoms with Crippen LogP contribution in [0.15, 0.2) is 12.7 Å². The van der Waals surface area contributed by atoms with E-state index in [1.165, 1.54) is 0 Å². The van der Waals surface area contributed by atoms with Crippen molar-refractivity contribution in [1.82, 2.24) is 0 Å². The molecule has 0 aromatic heterocycles. The molecule has 2 aliphatic carbocycles. The lowest BCUT2D eigenvalue weighted by Gasteiger charge is -2.62. The fraction of sp³-hybridized carbons (Fsp3) is 0.864. The van der Waals surface area contributed by atoms with Gasteiger partial charge in [0.05, 0.1) is 23.9 Å². The summed E-state index contributed by atoms with van der Waals surface area (Å²) in [6, 6.07) is 0. The predicted octanol–water partition coefficient (Wildman–Crippen LogP) is 4.57. The highest BCUT2D eigenvalue weighted by Crippen LogP contribution is 2.58. The first kappa shape index (κ1) is 20.7. The maximum absolute atomic E-state index is 13.1. The van der Waals surface area contributed by atoms with Crippen LogP contribution in [-0.2, 0) is 23.4 Å². The molecular weight excluding hydrogens is 372 g/mol. The molecule has 0 aromatic rings. The standard InChI is InChI=1S/C22H36O5Si/c1-8-9-16-17(23)11-18(26-28(6,7)20(2,3)4)19(16)22-12-14-10-15(13-22)25-21(5,24-14)27-22/h8,14-16,18-19H,1,9-13H2,2-7H3/t14?,15?,16?,18-,19?,21?,22?/m0/s1. The molecule has 0 N–H and O–H groups in total. The number of hydrogen-bond acceptors (Lipinski definition) is 5. The zero-order chi connectivity index (χ0) is 20.5. The maximum atomic E-state index is 13.1. The fourth-order valence-corrected chi connectivity index (χ4v) is 7.08. The molecule has 0 amide bonds. The highest BCUT2D eigenvalue weighted by atomic mass is 28.4. The molecule has 5 atom stereocenters. The van der Waals surface area contributed by atoms with E-state index in [0.717, 1.165) is 19.3 Å². The molecular formula is C22H36O5Si. The van der Waals surface area contributed by atoms with Crippen LogP contribution < -0.4 is 0 Å².